The lowest BCUT2D eigenvalue weighted by Gasteiger charge is -2.41. The van der Waals surface area contributed by atoms with Crippen LogP contribution in [0.25, 0.3) is 0 Å². The molecule has 1 N–H and O–H groups in total. The second-order valence-electron chi connectivity index (χ2n) is 7.20. The number of benzene rings is 1. The van der Waals surface area contributed by atoms with Crippen molar-refractivity contribution >= 4 is 17.5 Å². The molecule has 0 bridgehead atoms. The molecule has 2 saturated heterocycles. The largest absolute Gasteiger partial charge is 0.352 e. The Balaban J connectivity index is 1.50. The summed E-state index contributed by atoms with van der Waals surface area (Å²) in [4.78, 5) is 17.4. The molecular formula is C19H28ClN3O. The molecule has 1 amide bonds. The minimum atomic E-state index is 0.0818. The highest BCUT2D eigenvalue weighted by atomic mass is 35.5. The summed E-state index contributed by atoms with van der Waals surface area (Å²) in [6, 6.07) is 8.54. The number of nitrogens with one attached hydrogen (secondary N) is 1. The molecular weight excluding hydrogens is 322 g/mol. The number of hydrogen-bond donors (Lipinski definition) is 1. The number of hydrogen-bond acceptors (Lipinski definition) is 3. The molecule has 24 heavy (non-hydrogen) atoms. The molecule has 0 spiro atoms. The van der Waals surface area contributed by atoms with E-state index >= 15 is 0 Å². The van der Waals surface area contributed by atoms with Crippen molar-refractivity contribution in [1.82, 2.24) is 15.1 Å². The van der Waals surface area contributed by atoms with Crippen LogP contribution in [0.15, 0.2) is 24.3 Å². The third-order valence-corrected chi connectivity index (χ3v) is 5.70. The van der Waals surface area contributed by atoms with Gasteiger partial charge in [-0.15, -0.1) is 0 Å². The molecule has 0 radical (unpaired) electrons. The molecule has 0 aromatic heterocycles. The molecule has 1 aromatic rings. The fourth-order valence-corrected chi connectivity index (χ4v) is 4.11. The van der Waals surface area contributed by atoms with E-state index < -0.39 is 0 Å². The zero-order chi connectivity index (χ0) is 16.9. The lowest BCUT2D eigenvalue weighted by Crippen LogP contribution is -2.53. The average molecular weight is 350 g/mol. The first kappa shape index (κ1) is 17.7. The number of likely N-dealkylation sites (tertiary alicyclic amines) is 2. The second kappa shape index (κ2) is 8.32. The minimum absolute atomic E-state index is 0.0818. The van der Waals surface area contributed by atoms with E-state index in [9.17, 15) is 4.79 Å². The molecule has 2 aliphatic heterocycles. The van der Waals surface area contributed by atoms with E-state index in [0.717, 1.165) is 18.5 Å². The molecule has 1 aromatic carbocycles. The normalized spacial score (nSPS) is 24.0. The molecule has 1 unspecified atom stereocenters. The molecule has 2 fully saturated rings. The fraction of sp³-hybridized carbons (Fsp3) is 0.632. The van der Waals surface area contributed by atoms with E-state index in [-0.39, 0.29) is 11.9 Å². The van der Waals surface area contributed by atoms with Crippen LogP contribution >= 0.6 is 11.6 Å². The molecule has 0 aliphatic carbocycles. The predicted octanol–water partition coefficient (Wildman–Crippen LogP) is 2.56. The van der Waals surface area contributed by atoms with Crippen LogP contribution in [0.5, 0.6) is 0 Å². The van der Waals surface area contributed by atoms with E-state index in [4.69, 9.17) is 11.6 Å². The van der Waals surface area contributed by atoms with Gasteiger partial charge in [-0.25, -0.2) is 0 Å². The van der Waals surface area contributed by atoms with Crippen LogP contribution in [0.4, 0.5) is 0 Å². The van der Waals surface area contributed by atoms with Gasteiger partial charge >= 0.3 is 0 Å². The number of carbonyl (C=O) groups excluding carboxylic acids is 1. The van der Waals surface area contributed by atoms with Crippen LogP contribution < -0.4 is 5.32 Å². The summed E-state index contributed by atoms with van der Waals surface area (Å²) in [5.74, 6) is 0.0818. The van der Waals surface area contributed by atoms with Crippen LogP contribution in [-0.2, 0) is 11.2 Å². The van der Waals surface area contributed by atoms with Gasteiger partial charge in [-0.05, 0) is 64.0 Å². The van der Waals surface area contributed by atoms with Crippen molar-refractivity contribution in [3.8, 4) is 0 Å². The highest BCUT2D eigenvalue weighted by Crippen LogP contribution is 2.21. The van der Waals surface area contributed by atoms with Gasteiger partial charge in [0, 0.05) is 23.7 Å². The smallest absolute Gasteiger partial charge is 0.224 e. The molecule has 2 aliphatic rings. The Kier molecular flexibility index (Phi) is 6.14. The second-order valence-corrected chi connectivity index (χ2v) is 7.61. The monoisotopic (exact) mass is 349 g/mol. The zero-order valence-corrected chi connectivity index (χ0v) is 15.3. The summed E-state index contributed by atoms with van der Waals surface area (Å²) in [6.45, 7) is 4.53. The average Bonchev–Trinajstić information content (AvgIpc) is 2.58. The van der Waals surface area contributed by atoms with E-state index in [1.54, 1.807) is 0 Å². The lowest BCUT2D eigenvalue weighted by molar-refractivity contribution is -0.121. The molecule has 4 nitrogen and oxygen atoms in total. The fourth-order valence-electron chi connectivity index (χ4n) is 3.91. The van der Waals surface area contributed by atoms with Gasteiger partial charge in [0.1, 0.15) is 0 Å². The maximum Gasteiger partial charge on any atom is 0.224 e. The lowest BCUT2D eigenvalue weighted by atomic mass is 9.98. The number of amides is 1. The number of rotatable bonds is 4. The minimum Gasteiger partial charge on any atom is -0.352 e. The van der Waals surface area contributed by atoms with Crippen molar-refractivity contribution in [2.24, 2.45) is 0 Å². The third-order valence-electron chi connectivity index (χ3n) is 5.33. The van der Waals surface area contributed by atoms with Crippen LogP contribution in [0.1, 0.15) is 31.2 Å². The highest BCUT2D eigenvalue weighted by molar-refractivity contribution is 6.31. The molecule has 0 saturated carbocycles. The maximum atomic E-state index is 12.4. The third kappa shape index (κ3) is 4.71. The standard InChI is InChI=1S/C19H28ClN3O/c1-22-11-8-17(9-12-22)23-10-4-6-16(14-23)21-19(24)13-15-5-2-3-7-18(15)20/h2-3,5,7,16-17H,4,6,8-14H2,1H3,(H,21,24). The van der Waals surface area contributed by atoms with Crippen LogP contribution in [-0.4, -0.2) is 61.0 Å². The van der Waals surface area contributed by atoms with Gasteiger partial charge in [-0.1, -0.05) is 29.8 Å². The van der Waals surface area contributed by atoms with Crippen LogP contribution in [0.3, 0.4) is 0 Å². The molecule has 132 valence electrons. The van der Waals surface area contributed by atoms with Gasteiger partial charge in [0.25, 0.3) is 0 Å². The predicted molar refractivity (Wildman–Crippen MR) is 98.4 cm³/mol. The van der Waals surface area contributed by atoms with E-state index in [1.807, 2.05) is 24.3 Å². The van der Waals surface area contributed by atoms with Crippen LogP contribution in [0.2, 0.25) is 5.02 Å². The van der Waals surface area contributed by atoms with E-state index in [1.165, 1.54) is 38.9 Å². The first-order valence-corrected chi connectivity index (χ1v) is 9.45. The Morgan fingerprint density at radius 3 is 2.71 bits per heavy atom. The molecule has 1 atom stereocenters. The van der Waals surface area contributed by atoms with Gasteiger partial charge in [-0.2, -0.15) is 0 Å². The van der Waals surface area contributed by atoms with Crippen molar-refractivity contribution in [3.05, 3.63) is 34.9 Å². The number of piperidine rings is 2. The van der Waals surface area contributed by atoms with Crippen molar-refractivity contribution in [3.63, 3.8) is 0 Å². The Hall–Kier alpha value is -1.10. The quantitative estimate of drug-likeness (QED) is 0.907. The Bertz CT molecular complexity index is 557. The number of carbonyl (C=O) groups is 1. The first-order chi connectivity index (χ1) is 11.6. The SMILES string of the molecule is CN1CCC(N2CCCC(NC(=O)Cc3ccccc3Cl)C2)CC1. The van der Waals surface area contributed by atoms with Crippen LogP contribution in [0, 0.1) is 0 Å². The van der Waals surface area contributed by atoms with Gasteiger partial charge < -0.3 is 10.2 Å². The topological polar surface area (TPSA) is 35.6 Å². The summed E-state index contributed by atoms with van der Waals surface area (Å²) in [5.41, 5.74) is 0.902. The molecule has 5 heteroatoms. The maximum absolute atomic E-state index is 12.4. The molecule has 2 heterocycles. The Morgan fingerprint density at radius 2 is 1.96 bits per heavy atom. The van der Waals surface area contributed by atoms with Gasteiger partial charge in [0.15, 0.2) is 0 Å². The van der Waals surface area contributed by atoms with Crippen molar-refractivity contribution < 1.29 is 4.79 Å². The van der Waals surface area contributed by atoms with Gasteiger partial charge in [-0.3, -0.25) is 9.69 Å². The summed E-state index contributed by atoms with van der Waals surface area (Å²) in [7, 11) is 2.20. The highest BCUT2D eigenvalue weighted by Gasteiger charge is 2.28. The summed E-state index contributed by atoms with van der Waals surface area (Å²) in [5, 5.41) is 3.89. The summed E-state index contributed by atoms with van der Waals surface area (Å²) >= 11 is 6.16. The Labute approximate surface area is 150 Å². The van der Waals surface area contributed by atoms with E-state index in [0.29, 0.717) is 17.5 Å². The number of halogens is 1. The zero-order valence-electron chi connectivity index (χ0n) is 14.5. The van der Waals surface area contributed by atoms with Gasteiger partial charge in [0.05, 0.1) is 6.42 Å². The van der Waals surface area contributed by atoms with Crippen molar-refractivity contribution in [2.45, 2.75) is 44.2 Å². The number of nitrogens with zero attached hydrogens (tertiary/aromatic N) is 2. The first-order valence-electron chi connectivity index (χ1n) is 9.07. The summed E-state index contributed by atoms with van der Waals surface area (Å²) < 4.78 is 0. The van der Waals surface area contributed by atoms with Gasteiger partial charge in [0.2, 0.25) is 5.91 Å². The Morgan fingerprint density at radius 1 is 1.21 bits per heavy atom. The van der Waals surface area contributed by atoms with Crippen molar-refractivity contribution in [2.75, 3.05) is 33.2 Å². The summed E-state index contributed by atoms with van der Waals surface area (Å²) in [6.07, 6.45) is 5.11. The van der Waals surface area contributed by atoms with Crippen molar-refractivity contribution in [1.29, 1.82) is 0 Å². The molecule has 3 rings (SSSR count). The van der Waals surface area contributed by atoms with E-state index in [2.05, 4.69) is 22.2 Å².